The zero-order chi connectivity index (χ0) is 6.48. The van der Waals surface area contributed by atoms with Crippen LogP contribution in [0.4, 0.5) is 0 Å². The molecule has 1 saturated heterocycles. The third kappa shape index (κ3) is 0.739. The Morgan fingerprint density at radius 2 is 2.56 bits per heavy atom. The molecule has 2 nitrogen and oxygen atoms in total. The van der Waals surface area contributed by atoms with Crippen molar-refractivity contribution in [2.75, 3.05) is 20.1 Å². The summed E-state index contributed by atoms with van der Waals surface area (Å²) in [5.74, 6) is 0.944. The minimum atomic E-state index is 0.530. The van der Waals surface area contributed by atoms with Gasteiger partial charge in [-0.05, 0) is 19.4 Å². The molecule has 0 spiro atoms. The van der Waals surface area contributed by atoms with E-state index in [4.69, 9.17) is 0 Å². The predicted octanol–water partition coefficient (Wildman–Crippen LogP) is 0.0702. The fourth-order valence-corrected chi connectivity index (χ4v) is 2.49. The molecule has 0 bridgehead atoms. The summed E-state index contributed by atoms with van der Waals surface area (Å²) in [5, 5.41) is 3.39. The molecule has 0 aromatic heterocycles. The minimum absolute atomic E-state index is 0.530. The van der Waals surface area contributed by atoms with Gasteiger partial charge in [0.15, 0.2) is 0 Å². The highest BCUT2D eigenvalue weighted by atomic mass is 31.0. The van der Waals surface area contributed by atoms with Crippen LogP contribution in [0.5, 0.6) is 0 Å². The molecule has 0 amide bonds. The molecule has 1 aliphatic carbocycles. The van der Waals surface area contributed by atoms with Crippen molar-refractivity contribution in [2.45, 2.75) is 12.0 Å². The van der Waals surface area contributed by atoms with E-state index in [1.807, 2.05) is 0 Å². The Hall–Kier alpha value is 0.350. The molecule has 9 heavy (non-hydrogen) atoms. The molecule has 3 heteroatoms. The molecule has 2 rings (SSSR count). The first-order valence-corrected chi connectivity index (χ1v) is 3.97. The summed E-state index contributed by atoms with van der Waals surface area (Å²) in [6, 6.07) is 0. The standard InChI is InChI=1S/C6H13N2P/c1-7-6-2-5(6)3-8(9)4-6/h5,7H,2-4,9H2,1H3. The van der Waals surface area contributed by atoms with Crippen molar-refractivity contribution in [3.8, 4) is 0 Å². The maximum Gasteiger partial charge on any atom is 0.0354 e. The monoisotopic (exact) mass is 144 g/mol. The zero-order valence-corrected chi connectivity index (χ0v) is 6.88. The van der Waals surface area contributed by atoms with Gasteiger partial charge in [-0.1, -0.05) is 9.39 Å². The minimum Gasteiger partial charge on any atom is -0.313 e. The van der Waals surface area contributed by atoms with Crippen molar-refractivity contribution in [3.05, 3.63) is 0 Å². The Morgan fingerprint density at radius 3 is 2.89 bits per heavy atom. The molecule has 1 saturated carbocycles. The zero-order valence-electron chi connectivity index (χ0n) is 5.72. The van der Waals surface area contributed by atoms with Crippen LogP contribution in [0.3, 0.4) is 0 Å². The van der Waals surface area contributed by atoms with Gasteiger partial charge >= 0.3 is 0 Å². The fraction of sp³-hybridized carbons (Fsp3) is 1.00. The summed E-state index contributed by atoms with van der Waals surface area (Å²) < 4.78 is 2.32. The van der Waals surface area contributed by atoms with Crippen LogP contribution >= 0.6 is 9.39 Å². The highest BCUT2D eigenvalue weighted by Gasteiger charge is 2.58. The lowest BCUT2D eigenvalue weighted by atomic mass is 10.2. The van der Waals surface area contributed by atoms with Gasteiger partial charge in [0.2, 0.25) is 0 Å². The van der Waals surface area contributed by atoms with Gasteiger partial charge in [-0.2, -0.15) is 0 Å². The van der Waals surface area contributed by atoms with E-state index >= 15 is 0 Å². The quantitative estimate of drug-likeness (QED) is 0.524. The van der Waals surface area contributed by atoms with Crippen LogP contribution in [0.1, 0.15) is 6.42 Å². The SMILES string of the molecule is CNC12CC1CN(P)C2. The lowest BCUT2D eigenvalue weighted by Crippen LogP contribution is -2.33. The molecule has 2 fully saturated rings. The van der Waals surface area contributed by atoms with Gasteiger partial charge < -0.3 is 5.32 Å². The smallest absolute Gasteiger partial charge is 0.0354 e. The van der Waals surface area contributed by atoms with Crippen molar-refractivity contribution in [3.63, 3.8) is 0 Å². The van der Waals surface area contributed by atoms with Crippen LogP contribution in [-0.2, 0) is 0 Å². The first-order chi connectivity index (χ1) is 4.27. The van der Waals surface area contributed by atoms with E-state index in [1.165, 1.54) is 19.5 Å². The van der Waals surface area contributed by atoms with E-state index in [2.05, 4.69) is 26.4 Å². The van der Waals surface area contributed by atoms with Gasteiger partial charge in [0.05, 0.1) is 0 Å². The summed E-state index contributed by atoms with van der Waals surface area (Å²) in [6.07, 6.45) is 1.40. The normalized spacial score (nSPS) is 49.3. The van der Waals surface area contributed by atoms with Crippen molar-refractivity contribution in [1.82, 2.24) is 9.99 Å². The third-order valence-corrected chi connectivity index (χ3v) is 3.06. The summed E-state index contributed by atoms with van der Waals surface area (Å²) in [4.78, 5) is 0. The summed E-state index contributed by atoms with van der Waals surface area (Å²) in [7, 11) is 4.84. The maximum absolute atomic E-state index is 3.39. The van der Waals surface area contributed by atoms with Crippen LogP contribution in [0.25, 0.3) is 0 Å². The number of piperidine rings is 1. The van der Waals surface area contributed by atoms with Gasteiger partial charge in [-0.25, -0.2) is 0 Å². The summed E-state index contributed by atoms with van der Waals surface area (Å²) in [5.41, 5.74) is 0.530. The average molecular weight is 144 g/mol. The van der Waals surface area contributed by atoms with Crippen molar-refractivity contribution >= 4 is 9.39 Å². The van der Waals surface area contributed by atoms with Crippen molar-refractivity contribution in [1.29, 1.82) is 0 Å². The number of likely N-dealkylation sites (N-methyl/N-ethyl adjacent to an activating group) is 1. The van der Waals surface area contributed by atoms with E-state index in [1.54, 1.807) is 0 Å². The Morgan fingerprint density at radius 1 is 1.78 bits per heavy atom. The number of hydrogen-bond donors (Lipinski definition) is 1. The second-order valence-corrected chi connectivity index (χ2v) is 3.97. The van der Waals surface area contributed by atoms with E-state index in [0.29, 0.717) is 5.54 Å². The van der Waals surface area contributed by atoms with Crippen LogP contribution in [0.2, 0.25) is 0 Å². The van der Waals surface area contributed by atoms with E-state index in [-0.39, 0.29) is 0 Å². The number of hydrogen-bond acceptors (Lipinski definition) is 2. The number of fused-ring (bicyclic) bond motifs is 1. The van der Waals surface area contributed by atoms with Gasteiger partial charge in [-0.3, -0.25) is 4.67 Å². The van der Waals surface area contributed by atoms with Gasteiger partial charge in [0.1, 0.15) is 0 Å². The average Bonchev–Trinajstić information content (AvgIpc) is 2.38. The molecule has 52 valence electrons. The van der Waals surface area contributed by atoms with Gasteiger partial charge in [0, 0.05) is 18.6 Å². The molecule has 3 unspecified atom stereocenters. The molecule has 0 aromatic carbocycles. The topological polar surface area (TPSA) is 15.3 Å². The Labute approximate surface area is 58.2 Å². The largest absolute Gasteiger partial charge is 0.313 e. The molecule has 0 radical (unpaired) electrons. The highest BCUT2D eigenvalue weighted by Crippen LogP contribution is 2.49. The lowest BCUT2D eigenvalue weighted by molar-refractivity contribution is 0.465. The molecule has 1 N–H and O–H groups in total. The number of nitrogens with one attached hydrogen (secondary N) is 1. The van der Waals surface area contributed by atoms with Crippen LogP contribution in [0.15, 0.2) is 0 Å². The fourth-order valence-electron chi connectivity index (χ4n) is 1.91. The summed E-state index contributed by atoms with van der Waals surface area (Å²) in [6.45, 7) is 2.49. The second kappa shape index (κ2) is 1.69. The Balaban J connectivity index is 2.05. The highest BCUT2D eigenvalue weighted by molar-refractivity contribution is 7.13. The second-order valence-electron chi connectivity index (χ2n) is 3.24. The maximum atomic E-state index is 3.39. The Kier molecular flexibility index (Phi) is 1.14. The predicted molar refractivity (Wildman–Crippen MR) is 41.2 cm³/mol. The van der Waals surface area contributed by atoms with Crippen LogP contribution in [0, 0.1) is 5.92 Å². The molecule has 1 heterocycles. The van der Waals surface area contributed by atoms with E-state index in [0.717, 1.165) is 5.92 Å². The Bertz CT molecular complexity index is 135. The van der Waals surface area contributed by atoms with Crippen LogP contribution in [-0.4, -0.2) is 30.3 Å². The van der Waals surface area contributed by atoms with Crippen molar-refractivity contribution < 1.29 is 0 Å². The van der Waals surface area contributed by atoms with Crippen LogP contribution < -0.4 is 5.32 Å². The molecule has 2 aliphatic rings. The molecular formula is C6H13N2P. The number of rotatable bonds is 1. The molecule has 3 atom stereocenters. The van der Waals surface area contributed by atoms with Gasteiger partial charge in [-0.15, -0.1) is 0 Å². The van der Waals surface area contributed by atoms with E-state index in [9.17, 15) is 0 Å². The first-order valence-electron chi connectivity index (χ1n) is 3.45. The van der Waals surface area contributed by atoms with Crippen molar-refractivity contribution in [2.24, 2.45) is 5.92 Å². The molecule has 0 aromatic rings. The molecular weight excluding hydrogens is 131 g/mol. The lowest BCUT2D eigenvalue weighted by Gasteiger charge is -2.13. The summed E-state index contributed by atoms with van der Waals surface area (Å²) >= 11 is 0. The molecule has 1 aliphatic heterocycles. The first kappa shape index (κ1) is 6.09. The third-order valence-electron chi connectivity index (χ3n) is 2.67. The van der Waals surface area contributed by atoms with Gasteiger partial charge in [0.25, 0.3) is 0 Å². The number of nitrogens with zero attached hydrogens (tertiary/aromatic N) is 1. The van der Waals surface area contributed by atoms with E-state index < -0.39 is 0 Å².